The zero-order chi connectivity index (χ0) is 12.2. The first-order chi connectivity index (χ1) is 7.88. The van der Waals surface area contributed by atoms with Crippen LogP contribution in [0.25, 0.3) is 0 Å². The Morgan fingerprint density at radius 2 is 2.00 bits per heavy atom. The normalized spacial score (nSPS) is 18.1. The van der Waals surface area contributed by atoms with Crippen LogP contribution in [0.15, 0.2) is 0 Å². The maximum absolute atomic E-state index is 8.41. The highest BCUT2D eigenvalue weighted by Gasteiger charge is 2.19. The third-order valence-corrected chi connectivity index (χ3v) is 4.08. The van der Waals surface area contributed by atoms with Crippen molar-refractivity contribution in [1.29, 1.82) is 5.26 Å². The minimum atomic E-state index is -0.486. The first-order valence-electron chi connectivity index (χ1n) is 5.98. The van der Waals surface area contributed by atoms with Crippen LogP contribution < -0.4 is 0 Å². The highest BCUT2D eigenvalue weighted by molar-refractivity contribution is 7.49. The molecule has 0 bridgehead atoms. The van der Waals surface area contributed by atoms with Gasteiger partial charge in [-0.05, 0) is 0 Å². The molecule has 1 rings (SSSR count). The molecule has 1 saturated heterocycles. The number of hydrogen-bond acceptors (Lipinski definition) is 4. The van der Waals surface area contributed by atoms with Crippen LogP contribution in [0.4, 0.5) is 0 Å². The van der Waals surface area contributed by atoms with E-state index >= 15 is 0 Å². The van der Waals surface area contributed by atoms with E-state index in [0.717, 1.165) is 32.5 Å². The Morgan fingerprint density at radius 3 is 2.50 bits per heavy atom. The van der Waals surface area contributed by atoms with Crippen LogP contribution in [0.3, 0.4) is 0 Å². The average molecular weight is 246 g/mol. The molecule has 94 valence electrons. The standard InChI is InChI=1S/C9H17N2O2P.C2H6/c1-2-14(13-7-3-4-10)11-5-8-12-9-6-11;1-2/h2-3,5-9H2,1H3;1-2H3. The third-order valence-electron chi connectivity index (χ3n) is 2.03. The summed E-state index contributed by atoms with van der Waals surface area (Å²) < 4.78 is 13.3. The molecule has 0 aliphatic carbocycles. The van der Waals surface area contributed by atoms with Crippen LogP contribution in [0, 0.1) is 11.3 Å². The van der Waals surface area contributed by atoms with E-state index in [1.54, 1.807) is 0 Å². The van der Waals surface area contributed by atoms with Crippen molar-refractivity contribution in [3.8, 4) is 6.07 Å². The van der Waals surface area contributed by atoms with Crippen molar-refractivity contribution in [3.63, 3.8) is 0 Å². The lowest BCUT2D eigenvalue weighted by molar-refractivity contribution is 0.0698. The van der Waals surface area contributed by atoms with E-state index < -0.39 is 8.30 Å². The molecule has 0 spiro atoms. The molecule has 0 amide bonds. The Hall–Kier alpha value is -0.200. The minimum Gasteiger partial charge on any atom is -0.379 e. The van der Waals surface area contributed by atoms with E-state index in [1.807, 2.05) is 13.8 Å². The molecule has 0 saturated carbocycles. The van der Waals surface area contributed by atoms with E-state index in [-0.39, 0.29) is 0 Å². The second-order valence-electron chi connectivity index (χ2n) is 2.98. The van der Waals surface area contributed by atoms with Gasteiger partial charge in [-0.3, -0.25) is 4.67 Å². The van der Waals surface area contributed by atoms with Gasteiger partial charge in [0, 0.05) is 19.3 Å². The molecule has 1 heterocycles. The Labute approximate surface area is 100 Å². The van der Waals surface area contributed by atoms with Crippen molar-refractivity contribution < 1.29 is 9.26 Å². The van der Waals surface area contributed by atoms with Gasteiger partial charge < -0.3 is 9.26 Å². The summed E-state index contributed by atoms with van der Waals surface area (Å²) in [6.07, 6.45) is 1.52. The van der Waals surface area contributed by atoms with Gasteiger partial charge in [-0.25, -0.2) is 0 Å². The molecule has 1 aliphatic heterocycles. The van der Waals surface area contributed by atoms with Crippen LogP contribution >= 0.6 is 8.30 Å². The van der Waals surface area contributed by atoms with Crippen molar-refractivity contribution in [3.05, 3.63) is 0 Å². The lowest BCUT2D eigenvalue weighted by atomic mass is 10.5. The fraction of sp³-hybridized carbons (Fsp3) is 0.909. The third kappa shape index (κ3) is 6.40. The van der Waals surface area contributed by atoms with Gasteiger partial charge >= 0.3 is 0 Å². The van der Waals surface area contributed by atoms with E-state index in [2.05, 4.69) is 17.7 Å². The summed E-state index contributed by atoms with van der Waals surface area (Å²) in [6.45, 7) is 10.2. The quantitative estimate of drug-likeness (QED) is 0.552. The lowest BCUT2D eigenvalue weighted by Gasteiger charge is -2.32. The van der Waals surface area contributed by atoms with E-state index in [0.29, 0.717) is 13.0 Å². The highest BCUT2D eigenvalue weighted by atomic mass is 31.2. The second-order valence-corrected chi connectivity index (χ2v) is 5.14. The summed E-state index contributed by atoms with van der Waals surface area (Å²) >= 11 is 0. The SMILES string of the molecule is CC.CCP(OCCC#N)N1CCOCC1. The zero-order valence-corrected chi connectivity index (χ0v) is 11.5. The van der Waals surface area contributed by atoms with Crippen LogP contribution in [0.5, 0.6) is 0 Å². The Balaban J connectivity index is 0.00000106. The molecule has 0 aromatic rings. The zero-order valence-electron chi connectivity index (χ0n) is 10.6. The summed E-state index contributed by atoms with van der Waals surface area (Å²) in [7, 11) is -0.486. The summed E-state index contributed by atoms with van der Waals surface area (Å²) in [5.74, 6) is 0. The fourth-order valence-electron chi connectivity index (χ4n) is 1.35. The van der Waals surface area contributed by atoms with Crippen molar-refractivity contribution in [2.45, 2.75) is 27.2 Å². The number of morpholine rings is 1. The summed E-state index contributed by atoms with van der Waals surface area (Å²) in [4.78, 5) is 0. The van der Waals surface area contributed by atoms with Gasteiger partial charge in [0.1, 0.15) is 8.30 Å². The van der Waals surface area contributed by atoms with Gasteiger partial charge in [0.25, 0.3) is 0 Å². The molecule has 4 nitrogen and oxygen atoms in total. The highest BCUT2D eigenvalue weighted by Crippen LogP contribution is 2.41. The number of nitrogens with zero attached hydrogens (tertiary/aromatic N) is 2. The maximum atomic E-state index is 8.41. The summed E-state index contributed by atoms with van der Waals surface area (Å²) in [5.41, 5.74) is 0. The molecule has 1 atom stereocenters. The molecular weight excluding hydrogens is 223 g/mol. The minimum absolute atomic E-state index is 0.486. The monoisotopic (exact) mass is 246 g/mol. The van der Waals surface area contributed by atoms with Crippen molar-refractivity contribution in [2.75, 3.05) is 39.1 Å². The Kier molecular flexibility index (Phi) is 11.1. The fourth-order valence-corrected chi connectivity index (χ4v) is 3.00. The predicted molar refractivity (Wildman–Crippen MR) is 67.4 cm³/mol. The molecule has 0 aromatic heterocycles. The molecular formula is C11H23N2O2P. The largest absolute Gasteiger partial charge is 0.379 e. The van der Waals surface area contributed by atoms with Gasteiger partial charge in [0.2, 0.25) is 0 Å². The molecule has 0 aromatic carbocycles. The first-order valence-corrected chi connectivity index (χ1v) is 7.38. The molecule has 1 fully saturated rings. The molecule has 0 N–H and O–H groups in total. The Morgan fingerprint density at radius 1 is 1.38 bits per heavy atom. The smallest absolute Gasteiger partial charge is 0.104 e. The van der Waals surface area contributed by atoms with Crippen LogP contribution in [0.2, 0.25) is 0 Å². The molecule has 0 radical (unpaired) electrons. The first kappa shape index (κ1) is 15.8. The van der Waals surface area contributed by atoms with E-state index in [1.165, 1.54) is 0 Å². The number of hydrogen-bond donors (Lipinski definition) is 0. The summed E-state index contributed by atoms with van der Waals surface area (Å²) in [5, 5.41) is 8.41. The van der Waals surface area contributed by atoms with Gasteiger partial charge in [-0.15, -0.1) is 0 Å². The summed E-state index contributed by atoms with van der Waals surface area (Å²) in [6, 6.07) is 2.09. The Bertz CT molecular complexity index is 191. The van der Waals surface area contributed by atoms with Gasteiger partial charge in [-0.2, -0.15) is 5.26 Å². The van der Waals surface area contributed by atoms with Crippen LogP contribution in [-0.4, -0.2) is 43.7 Å². The predicted octanol–water partition coefficient (Wildman–Crippen LogP) is 2.61. The van der Waals surface area contributed by atoms with Crippen LogP contribution in [0.1, 0.15) is 27.2 Å². The van der Waals surface area contributed by atoms with Crippen molar-refractivity contribution in [1.82, 2.24) is 4.67 Å². The topological polar surface area (TPSA) is 45.5 Å². The lowest BCUT2D eigenvalue weighted by Crippen LogP contribution is -2.33. The molecule has 1 aliphatic rings. The maximum Gasteiger partial charge on any atom is 0.104 e. The van der Waals surface area contributed by atoms with Crippen molar-refractivity contribution in [2.24, 2.45) is 0 Å². The second kappa shape index (κ2) is 11.3. The number of nitriles is 1. The van der Waals surface area contributed by atoms with E-state index in [4.69, 9.17) is 14.5 Å². The average Bonchev–Trinajstić information content (AvgIpc) is 2.38. The molecule has 5 heteroatoms. The van der Waals surface area contributed by atoms with E-state index in [9.17, 15) is 0 Å². The van der Waals surface area contributed by atoms with Gasteiger partial charge in [-0.1, -0.05) is 20.8 Å². The van der Waals surface area contributed by atoms with Gasteiger partial charge in [0.05, 0.1) is 32.3 Å². The van der Waals surface area contributed by atoms with Gasteiger partial charge in [0.15, 0.2) is 0 Å². The van der Waals surface area contributed by atoms with Crippen LogP contribution in [-0.2, 0) is 9.26 Å². The molecule has 1 unspecified atom stereocenters. The molecule has 16 heavy (non-hydrogen) atoms. The number of rotatable bonds is 5. The number of ether oxygens (including phenoxy) is 1. The van der Waals surface area contributed by atoms with Crippen molar-refractivity contribution >= 4 is 8.30 Å².